The van der Waals surface area contributed by atoms with Gasteiger partial charge in [-0.25, -0.2) is 0 Å². The number of thioether (sulfide) groups is 1. The van der Waals surface area contributed by atoms with Crippen molar-refractivity contribution in [3.05, 3.63) is 28.4 Å². The average Bonchev–Trinajstić information content (AvgIpc) is 2.78. The van der Waals surface area contributed by atoms with Crippen molar-refractivity contribution in [2.24, 2.45) is 0 Å². The predicted molar refractivity (Wildman–Crippen MR) is 77.3 cm³/mol. The summed E-state index contributed by atoms with van der Waals surface area (Å²) in [6.07, 6.45) is 2.04. The summed E-state index contributed by atoms with van der Waals surface area (Å²) in [4.78, 5) is 1.12. The molecule has 0 amide bonds. The number of hydrogen-bond donors (Lipinski definition) is 0. The largest absolute Gasteiger partial charge is 0.492 e. The molecule has 0 spiro atoms. The number of rotatable bonds is 4. The Bertz CT molecular complexity index is 554. The van der Waals surface area contributed by atoms with Gasteiger partial charge in [0.1, 0.15) is 17.2 Å². The molecule has 5 heteroatoms. The lowest BCUT2D eigenvalue weighted by molar-refractivity contribution is 0.338. The summed E-state index contributed by atoms with van der Waals surface area (Å²) >= 11 is 5.19. The van der Waals surface area contributed by atoms with Gasteiger partial charge in [-0.15, -0.1) is 11.8 Å². The Balaban J connectivity index is 2.64. The molecule has 0 aliphatic rings. The third-order valence-corrected chi connectivity index (χ3v) is 3.87. The normalized spacial score (nSPS) is 10.7. The van der Waals surface area contributed by atoms with Crippen molar-refractivity contribution >= 4 is 27.7 Å². The van der Waals surface area contributed by atoms with Crippen molar-refractivity contribution in [3.63, 3.8) is 0 Å². The second-order valence-electron chi connectivity index (χ2n) is 3.71. The van der Waals surface area contributed by atoms with Crippen molar-refractivity contribution < 1.29 is 9.26 Å². The number of aromatic nitrogens is 1. The van der Waals surface area contributed by atoms with E-state index >= 15 is 0 Å². The number of ether oxygens (including phenoxy) is 1. The van der Waals surface area contributed by atoms with E-state index in [1.165, 1.54) is 0 Å². The third kappa shape index (κ3) is 2.57. The Morgan fingerprint density at radius 3 is 2.78 bits per heavy atom. The Hall–Kier alpha value is -0.940. The summed E-state index contributed by atoms with van der Waals surface area (Å²) in [6.45, 7) is 4.46. The van der Waals surface area contributed by atoms with Gasteiger partial charge >= 0.3 is 0 Å². The van der Waals surface area contributed by atoms with E-state index in [1.54, 1.807) is 11.8 Å². The Morgan fingerprint density at radius 1 is 1.44 bits per heavy atom. The molecule has 0 radical (unpaired) electrons. The molecule has 1 heterocycles. The van der Waals surface area contributed by atoms with Crippen molar-refractivity contribution in [2.75, 3.05) is 12.9 Å². The standard InChI is InChI=1S/C13H14BrNO2S/c1-4-16-13-9(14)5-6-11(18-3)12(13)10-7-8(2)17-15-10/h5-7H,4H2,1-3H3. The minimum absolute atomic E-state index is 0.611. The van der Waals surface area contributed by atoms with Crippen molar-refractivity contribution in [1.29, 1.82) is 0 Å². The second-order valence-corrected chi connectivity index (χ2v) is 5.41. The molecule has 3 nitrogen and oxygen atoms in total. The van der Waals surface area contributed by atoms with Crippen LogP contribution in [0.15, 0.2) is 32.1 Å². The van der Waals surface area contributed by atoms with Crippen LogP contribution in [0, 0.1) is 6.92 Å². The predicted octanol–water partition coefficient (Wildman–Crippen LogP) is 4.53. The van der Waals surface area contributed by atoms with E-state index in [2.05, 4.69) is 27.2 Å². The average molecular weight is 328 g/mol. The number of benzene rings is 1. The summed E-state index contributed by atoms with van der Waals surface area (Å²) < 4.78 is 11.8. The maximum atomic E-state index is 5.73. The maximum absolute atomic E-state index is 5.73. The van der Waals surface area contributed by atoms with Gasteiger partial charge in [0, 0.05) is 11.0 Å². The molecule has 96 valence electrons. The zero-order chi connectivity index (χ0) is 13.1. The van der Waals surface area contributed by atoms with Crippen LogP contribution in [-0.2, 0) is 0 Å². The van der Waals surface area contributed by atoms with Gasteiger partial charge in [-0.05, 0) is 48.2 Å². The summed E-state index contributed by atoms with van der Waals surface area (Å²) in [5.74, 6) is 1.61. The number of hydrogen-bond acceptors (Lipinski definition) is 4. The molecular formula is C13H14BrNO2S. The highest BCUT2D eigenvalue weighted by atomic mass is 79.9. The van der Waals surface area contributed by atoms with Crippen LogP contribution in [0.3, 0.4) is 0 Å². The molecule has 1 aromatic heterocycles. The minimum Gasteiger partial charge on any atom is -0.492 e. The van der Waals surface area contributed by atoms with Gasteiger partial charge in [-0.1, -0.05) is 5.16 Å². The highest BCUT2D eigenvalue weighted by Gasteiger charge is 2.18. The van der Waals surface area contributed by atoms with Gasteiger partial charge in [0.25, 0.3) is 0 Å². The molecule has 0 saturated heterocycles. The molecular weight excluding hydrogens is 314 g/mol. The molecule has 0 unspecified atom stereocenters. The summed E-state index contributed by atoms with van der Waals surface area (Å²) in [5, 5.41) is 4.09. The molecule has 1 aromatic carbocycles. The molecule has 0 aliphatic carbocycles. The quantitative estimate of drug-likeness (QED) is 0.772. The molecule has 2 aromatic rings. The molecule has 0 N–H and O–H groups in total. The Morgan fingerprint density at radius 2 is 2.22 bits per heavy atom. The maximum Gasteiger partial charge on any atom is 0.144 e. The fourth-order valence-corrected chi connectivity index (χ4v) is 2.77. The summed E-state index contributed by atoms with van der Waals surface area (Å²) in [6, 6.07) is 5.97. The molecule has 2 rings (SSSR count). The summed E-state index contributed by atoms with van der Waals surface area (Å²) in [5.41, 5.74) is 1.79. The first kappa shape index (κ1) is 13.5. The fraction of sp³-hybridized carbons (Fsp3) is 0.308. The SMILES string of the molecule is CCOc1c(Br)ccc(SC)c1-c1cc(C)on1. The van der Waals surface area contributed by atoms with Gasteiger partial charge < -0.3 is 9.26 Å². The first-order chi connectivity index (χ1) is 8.67. The van der Waals surface area contributed by atoms with E-state index < -0.39 is 0 Å². The van der Waals surface area contributed by atoms with Crippen LogP contribution in [0.25, 0.3) is 11.3 Å². The first-order valence-electron chi connectivity index (χ1n) is 5.60. The lowest BCUT2D eigenvalue weighted by Gasteiger charge is -2.13. The van der Waals surface area contributed by atoms with Gasteiger partial charge in [0.15, 0.2) is 0 Å². The second kappa shape index (κ2) is 5.80. The molecule has 0 fully saturated rings. The van der Waals surface area contributed by atoms with Crippen LogP contribution >= 0.6 is 27.7 Å². The molecule has 0 atom stereocenters. The van der Waals surface area contributed by atoms with E-state index in [9.17, 15) is 0 Å². The van der Waals surface area contributed by atoms with Crippen LogP contribution < -0.4 is 4.74 Å². The molecule has 0 bridgehead atoms. The van der Waals surface area contributed by atoms with E-state index in [4.69, 9.17) is 9.26 Å². The van der Waals surface area contributed by atoms with E-state index in [0.29, 0.717) is 6.61 Å². The van der Waals surface area contributed by atoms with Crippen LogP contribution in [0.1, 0.15) is 12.7 Å². The van der Waals surface area contributed by atoms with Gasteiger partial charge in [-0.3, -0.25) is 0 Å². The monoisotopic (exact) mass is 327 g/mol. The summed E-state index contributed by atoms with van der Waals surface area (Å²) in [7, 11) is 0. The fourth-order valence-electron chi connectivity index (χ4n) is 1.72. The molecule has 18 heavy (non-hydrogen) atoms. The lowest BCUT2D eigenvalue weighted by atomic mass is 10.1. The van der Waals surface area contributed by atoms with Crippen molar-refractivity contribution in [1.82, 2.24) is 5.16 Å². The Kier molecular flexibility index (Phi) is 4.35. The third-order valence-electron chi connectivity index (χ3n) is 2.46. The lowest BCUT2D eigenvalue weighted by Crippen LogP contribution is -1.97. The van der Waals surface area contributed by atoms with Crippen LogP contribution in [0.4, 0.5) is 0 Å². The van der Waals surface area contributed by atoms with Crippen LogP contribution in [0.2, 0.25) is 0 Å². The van der Waals surface area contributed by atoms with Gasteiger partial charge in [0.05, 0.1) is 16.6 Å². The van der Waals surface area contributed by atoms with Gasteiger partial charge in [0.2, 0.25) is 0 Å². The smallest absolute Gasteiger partial charge is 0.144 e. The van der Waals surface area contributed by atoms with Crippen molar-refractivity contribution in [3.8, 4) is 17.0 Å². The van der Waals surface area contributed by atoms with E-state index in [-0.39, 0.29) is 0 Å². The number of aryl methyl sites for hydroxylation is 1. The van der Waals surface area contributed by atoms with Crippen LogP contribution in [-0.4, -0.2) is 18.0 Å². The van der Waals surface area contributed by atoms with E-state index in [1.807, 2.05) is 32.2 Å². The topological polar surface area (TPSA) is 35.3 Å². The van der Waals surface area contributed by atoms with Gasteiger partial charge in [-0.2, -0.15) is 0 Å². The van der Waals surface area contributed by atoms with Crippen LogP contribution in [0.5, 0.6) is 5.75 Å². The minimum atomic E-state index is 0.611. The van der Waals surface area contributed by atoms with E-state index in [0.717, 1.165) is 32.1 Å². The highest BCUT2D eigenvalue weighted by Crippen LogP contribution is 2.42. The molecule has 0 aliphatic heterocycles. The zero-order valence-electron chi connectivity index (χ0n) is 10.5. The van der Waals surface area contributed by atoms with Crippen molar-refractivity contribution in [2.45, 2.75) is 18.7 Å². The Labute approximate surface area is 119 Å². The molecule has 0 saturated carbocycles. The zero-order valence-corrected chi connectivity index (χ0v) is 12.9. The highest BCUT2D eigenvalue weighted by molar-refractivity contribution is 9.10. The number of halogens is 1. The number of nitrogens with zero attached hydrogens (tertiary/aromatic N) is 1. The first-order valence-corrected chi connectivity index (χ1v) is 7.62.